The maximum Gasteiger partial charge on any atom is 0.240 e. The van der Waals surface area contributed by atoms with Gasteiger partial charge in [-0.15, -0.1) is 0 Å². The topological polar surface area (TPSA) is 44.4 Å². The summed E-state index contributed by atoms with van der Waals surface area (Å²) in [5.41, 5.74) is 1.01. The van der Waals surface area contributed by atoms with Gasteiger partial charge in [0.15, 0.2) is 0 Å². The van der Waals surface area contributed by atoms with E-state index in [0.29, 0.717) is 35.6 Å². The number of benzene rings is 1. The van der Waals surface area contributed by atoms with Crippen molar-refractivity contribution >= 4 is 5.91 Å². The summed E-state index contributed by atoms with van der Waals surface area (Å²) in [5, 5.41) is 7.04. The Labute approximate surface area is 170 Å². The summed E-state index contributed by atoms with van der Waals surface area (Å²) in [4.78, 5) is 16.2. The maximum absolute atomic E-state index is 13.5. The number of carbonyl (C=O) groups excluding carboxylic acids is 1. The molecule has 4 aliphatic rings. The molecule has 2 N–H and O–H groups in total. The van der Waals surface area contributed by atoms with Gasteiger partial charge in [0.25, 0.3) is 0 Å². The number of nitrogens with one attached hydrogen (secondary N) is 2. The van der Waals surface area contributed by atoms with E-state index in [9.17, 15) is 4.79 Å². The second kappa shape index (κ2) is 7.79. The first-order valence-corrected chi connectivity index (χ1v) is 11.2. The van der Waals surface area contributed by atoms with Crippen molar-refractivity contribution in [2.75, 3.05) is 19.6 Å². The van der Waals surface area contributed by atoms with E-state index in [1.807, 2.05) is 0 Å². The van der Waals surface area contributed by atoms with Crippen LogP contribution in [0.1, 0.15) is 46.1 Å². The first-order chi connectivity index (χ1) is 13.4. The highest BCUT2D eigenvalue weighted by molar-refractivity contribution is 5.87. The first-order valence-electron chi connectivity index (χ1n) is 11.2. The molecule has 1 aromatic rings. The summed E-state index contributed by atoms with van der Waals surface area (Å²) in [6, 6.07) is 11.4. The van der Waals surface area contributed by atoms with Gasteiger partial charge in [0.1, 0.15) is 5.54 Å². The summed E-state index contributed by atoms with van der Waals surface area (Å²) in [6.45, 7) is 12.8. The van der Waals surface area contributed by atoms with Gasteiger partial charge < -0.3 is 10.6 Å². The lowest BCUT2D eigenvalue weighted by molar-refractivity contribution is -0.139. The SMILES string of the molecule is CC(C)CNC(=O)[C@@]12C[C@@H]3CN(Cc4ccccc4)[C@@H]([C@@H]3CN1)[C@H]2CC(C)C. The molecule has 3 saturated heterocycles. The van der Waals surface area contributed by atoms with E-state index in [1.54, 1.807) is 0 Å². The molecule has 154 valence electrons. The number of carbonyl (C=O) groups is 1. The van der Waals surface area contributed by atoms with E-state index >= 15 is 0 Å². The Morgan fingerprint density at radius 3 is 2.64 bits per heavy atom. The molecule has 4 fully saturated rings. The first kappa shape index (κ1) is 19.9. The lowest BCUT2D eigenvalue weighted by Gasteiger charge is -2.56. The molecular formula is C24H37N3O. The van der Waals surface area contributed by atoms with Crippen LogP contribution in [0.4, 0.5) is 0 Å². The van der Waals surface area contributed by atoms with Crippen molar-refractivity contribution in [2.45, 2.75) is 58.7 Å². The number of fused-ring (bicyclic) bond motifs is 1. The van der Waals surface area contributed by atoms with Gasteiger partial charge in [-0.25, -0.2) is 0 Å². The largest absolute Gasteiger partial charge is 0.354 e. The second-order valence-corrected chi connectivity index (χ2v) is 10.2. The Kier molecular flexibility index (Phi) is 5.54. The molecule has 28 heavy (non-hydrogen) atoms. The number of piperidine rings is 2. The fourth-order valence-corrected chi connectivity index (χ4v) is 6.16. The zero-order valence-corrected chi connectivity index (χ0v) is 17.9. The van der Waals surface area contributed by atoms with Crippen LogP contribution >= 0.6 is 0 Å². The molecule has 4 nitrogen and oxygen atoms in total. The second-order valence-electron chi connectivity index (χ2n) is 10.2. The highest BCUT2D eigenvalue weighted by Crippen LogP contribution is 2.53. The Morgan fingerprint density at radius 2 is 1.96 bits per heavy atom. The molecular weight excluding hydrogens is 346 g/mol. The Morgan fingerprint density at radius 1 is 1.21 bits per heavy atom. The number of likely N-dealkylation sites (tertiary alicyclic amines) is 1. The quantitative estimate of drug-likeness (QED) is 0.759. The van der Waals surface area contributed by atoms with Crippen LogP contribution in [0.3, 0.4) is 0 Å². The molecule has 5 rings (SSSR count). The van der Waals surface area contributed by atoms with E-state index in [0.717, 1.165) is 39.0 Å². The Balaban J connectivity index is 1.61. The summed E-state index contributed by atoms with van der Waals surface area (Å²) in [5.74, 6) is 3.05. The number of amides is 1. The van der Waals surface area contributed by atoms with E-state index in [1.165, 1.54) is 5.56 Å². The molecule has 0 unspecified atom stereocenters. The lowest BCUT2D eigenvalue weighted by atomic mass is 9.57. The highest BCUT2D eigenvalue weighted by atomic mass is 16.2. The molecule has 0 aromatic heterocycles. The summed E-state index contributed by atoms with van der Waals surface area (Å²) >= 11 is 0. The zero-order chi connectivity index (χ0) is 19.9. The third-order valence-electron chi connectivity index (χ3n) is 7.25. The molecule has 1 amide bonds. The van der Waals surface area contributed by atoms with Crippen LogP contribution < -0.4 is 10.6 Å². The number of hydrogen-bond donors (Lipinski definition) is 2. The third kappa shape index (κ3) is 3.50. The van der Waals surface area contributed by atoms with Gasteiger partial charge in [-0.1, -0.05) is 58.0 Å². The van der Waals surface area contributed by atoms with Gasteiger partial charge in [-0.05, 0) is 42.1 Å². The molecule has 1 aromatic carbocycles. The Hall–Kier alpha value is -1.39. The smallest absolute Gasteiger partial charge is 0.240 e. The molecule has 4 bridgehead atoms. The predicted molar refractivity (Wildman–Crippen MR) is 114 cm³/mol. The number of rotatable bonds is 7. The van der Waals surface area contributed by atoms with E-state index in [2.05, 4.69) is 73.6 Å². The normalized spacial score (nSPS) is 34.4. The minimum Gasteiger partial charge on any atom is -0.354 e. The lowest BCUT2D eigenvalue weighted by Crippen LogP contribution is -2.74. The average Bonchev–Trinajstić information content (AvgIpc) is 2.96. The van der Waals surface area contributed by atoms with Gasteiger partial charge in [-0.3, -0.25) is 9.69 Å². The minimum absolute atomic E-state index is 0.251. The van der Waals surface area contributed by atoms with Gasteiger partial charge in [0, 0.05) is 38.1 Å². The maximum atomic E-state index is 13.5. The van der Waals surface area contributed by atoms with Gasteiger partial charge >= 0.3 is 0 Å². The predicted octanol–water partition coefficient (Wildman–Crippen LogP) is 3.28. The van der Waals surface area contributed by atoms with Crippen LogP contribution in [0.15, 0.2) is 30.3 Å². The summed E-state index contributed by atoms with van der Waals surface area (Å²) < 4.78 is 0. The van der Waals surface area contributed by atoms with Crippen LogP contribution in [0, 0.1) is 29.6 Å². The highest BCUT2D eigenvalue weighted by Gasteiger charge is 2.64. The zero-order valence-electron chi connectivity index (χ0n) is 17.9. The van der Waals surface area contributed by atoms with E-state index < -0.39 is 0 Å². The van der Waals surface area contributed by atoms with Crippen molar-refractivity contribution in [3.63, 3.8) is 0 Å². The van der Waals surface area contributed by atoms with Crippen LogP contribution in [-0.4, -0.2) is 42.0 Å². The number of hydrogen-bond acceptors (Lipinski definition) is 3. The van der Waals surface area contributed by atoms with Gasteiger partial charge in [0.2, 0.25) is 5.91 Å². The molecule has 3 heterocycles. The van der Waals surface area contributed by atoms with Gasteiger partial charge in [-0.2, -0.15) is 0 Å². The van der Waals surface area contributed by atoms with E-state index in [4.69, 9.17) is 0 Å². The van der Waals surface area contributed by atoms with Crippen LogP contribution in [0.2, 0.25) is 0 Å². The monoisotopic (exact) mass is 383 g/mol. The molecule has 3 aliphatic heterocycles. The molecule has 4 heteroatoms. The molecule has 1 aliphatic carbocycles. The molecule has 0 spiro atoms. The van der Waals surface area contributed by atoms with Crippen molar-refractivity contribution in [1.29, 1.82) is 0 Å². The van der Waals surface area contributed by atoms with Crippen molar-refractivity contribution in [2.24, 2.45) is 29.6 Å². The third-order valence-corrected chi connectivity index (χ3v) is 7.25. The number of nitrogens with zero attached hydrogens (tertiary/aromatic N) is 1. The Bertz CT molecular complexity index is 688. The van der Waals surface area contributed by atoms with Gasteiger partial charge in [0.05, 0.1) is 0 Å². The molecule has 1 saturated carbocycles. The van der Waals surface area contributed by atoms with Crippen molar-refractivity contribution in [1.82, 2.24) is 15.5 Å². The standard InChI is InChI=1S/C24H37N3O/c1-16(2)10-21-22-20-13-26-24(21,23(28)25-12-17(3)4)11-19(20)15-27(22)14-18-8-6-5-7-9-18/h5-9,16-17,19-22,26H,10-15H2,1-4H3,(H,25,28)/t19-,20-,21-,22+,24+/m1/s1. The van der Waals surface area contributed by atoms with Crippen LogP contribution in [0.25, 0.3) is 0 Å². The minimum atomic E-state index is -0.380. The fourth-order valence-electron chi connectivity index (χ4n) is 6.16. The molecule has 5 atom stereocenters. The average molecular weight is 384 g/mol. The van der Waals surface area contributed by atoms with Crippen molar-refractivity contribution in [3.8, 4) is 0 Å². The molecule has 0 radical (unpaired) electrons. The summed E-state index contributed by atoms with van der Waals surface area (Å²) in [6.07, 6.45) is 2.11. The van der Waals surface area contributed by atoms with Crippen LogP contribution in [0.5, 0.6) is 0 Å². The fraction of sp³-hybridized carbons (Fsp3) is 0.708. The van der Waals surface area contributed by atoms with Crippen molar-refractivity contribution in [3.05, 3.63) is 35.9 Å². The van der Waals surface area contributed by atoms with Crippen LogP contribution in [-0.2, 0) is 11.3 Å². The van der Waals surface area contributed by atoms with E-state index in [-0.39, 0.29) is 11.4 Å². The summed E-state index contributed by atoms with van der Waals surface area (Å²) in [7, 11) is 0. The van der Waals surface area contributed by atoms with Crippen molar-refractivity contribution < 1.29 is 4.79 Å².